The zero-order valence-corrected chi connectivity index (χ0v) is 22.3. The van der Waals surface area contributed by atoms with Gasteiger partial charge in [0.1, 0.15) is 5.82 Å². The molecule has 0 saturated heterocycles. The van der Waals surface area contributed by atoms with E-state index in [1.54, 1.807) is 12.1 Å². The van der Waals surface area contributed by atoms with E-state index in [1.807, 2.05) is 12.1 Å². The Balaban J connectivity index is 1.58. The Morgan fingerprint density at radius 1 is 0.293 bits per heavy atom. The summed E-state index contributed by atoms with van der Waals surface area (Å²) in [6.07, 6.45) is 0. The fourth-order valence-corrected chi connectivity index (χ4v) is 6.43. The highest BCUT2D eigenvalue weighted by Crippen LogP contribution is 2.48. The lowest BCUT2D eigenvalue weighted by molar-refractivity contribution is 0.628. The molecule has 0 heterocycles. The van der Waals surface area contributed by atoms with Crippen LogP contribution in [0.3, 0.4) is 0 Å². The Labute approximate surface area is 238 Å². The van der Waals surface area contributed by atoms with Crippen LogP contribution in [0.15, 0.2) is 152 Å². The topological polar surface area (TPSA) is 0 Å². The maximum absolute atomic E-state index is 14.0. The van der Waals surface area contributed by atoms with E-state index in [0.29, 0.717) is 0 Å². The molecule has 8 aromatic carbocycles. The van der Waals surface area contributed by atoms with Crippen LogP contribution in [0.1, 0.15) is 0 Å². The molecule has 0 spiro atoms. The van der Waals surface area contributed by atoms with Crippen LogP contribution in [-0.4, -0.2) is 0 Å². The van der Waals surface area contributed by atoms with Crippen LogP contribution in [-0.2, 0) is 0 Å². The lowest BCUT2D eigenvalue weighted by atomic mass is 9.82. The molecule has 0 atom stereocenters. The molecule has 8 rings (SSSR count). The molecule has 0 radical (unpaired) electrons. The van der Waals surface area contributed by atoms with E-state index >= 15 is 0 Å². The fraction of sp³-hybridized carbons (Fsp3) is 0. The molecule has 0 fully saturated rings. The smallest absolute Gasteiger partial charge is 0.123 e. The Hall–Kier alpha value is -5.27. The fourth-order valence-electron chi connectivity index (χ4n) is 6.43. The molecule has 8 aromatic rings. The quantitative estimate of drug-likeness (QED) is 0.201. The number of hydrogen-bond donors (Lipinski definition) is 0. The normalized spacial score (nSPS) is 11.5. The Bertz CT molecular complexity index is 2100. The summed E-state index contributed by atoms with van der Waals surface area (Å²) in [7, 11) is 0. The van der Waals surface area contributed by atoms with Gasteiger partial charge in [0, 0.05) is 0 Å². The van der Waals surface area contributed by atoms with Gasteiger partial charge < -0.3 is 0 Å². The van der Waals surface area contributed by atoms with Crippen LogP contribution in [0.5, 0.6) is 0 Å². The Morgan fingerprint density at radius 2 is 0.585 bits per heavy atom. The third-order valence-corrected chi connectivity index (χ3v) is 8.31. The number of hydrogen-bond acceptors (Lipinski definition) is 0. The molecule has 1 heteroatoms. The number of rotatable bonds is 4. The molecule has 0 nitrogen and oxygen atoms in total. The number of halogens is 1. The van der Waals surface area contributed by atoms with E-state index in [-0.39, 0.29) is 5.82 Å². The van der Waals surface area contributed by atoms with Gasteiger partial charge in [-0.05, 0) is 101 Å². The minimum atomic E-state index is -0.227. The summed E-state index contributed by atoms with van der Waals surface area (Å²) >= 11 is 0. The molecule has 0 aliphatic rings. The summed E-state index contributed by atoms with van der Waals surface area (Å²) in [4.78, 5) is 0. The molecular weight excluding hydrogens is 499 g/mol. The lowest BCUT2D eigenvalue weighted by Gasteiger charge is -2.21. The van der Waals surface area contributed by atoms with Crippen molar-refractivity contribution < 1.29 is 4.39 Å². The van der Waals surface area contributed by atoms with Crippen molar-refractivity contribution in [2.75, 3.05) is 0 Å². The SMILES string of the molecule is Fc1ccc(-c2cc(-c3ccccc3)c3ccc4c(-c5ccccc5)cc(-c5ccccc5)c5ccc2c3c45)cc1. The monoisotopic (exact) mass is 524 g/mol. The van der Waals surface area contributed by atoms with Crippen LogP contribution in [0, 0.1) is 5.82 Å². The van der Waals surface area contributed by atoms with E-state index in [9.17, 15) is 4.39 Å². The summed E-state index contributed by atoms with van der Waals surface area (Å²) in [5, 5.41) is 7.38. The van der Waals surface area contributed by atoms with Crippen LogP contribution in [0.25, 0.3) is 76.8 Å². The summed E-state index contributed by atoms with van der Waals surface area (Å²) in [5.74, 6) is -0.227. The highest BCUT2D eigenvalue weighted by Gasteiger charge is 2.20. The minimum Gasteiger partial charge on any atom is -0.207 e. The first-order valence-electron chi connectivity index (χ1n) is 14.0. The molecule has 0 N–H and O–H groups in total. The summed E-state index contributed by atoms with van der Waals surface area (Å²) in [6.45, 7) is 0. The maximum Gasteiger partial charge on any atom is 0.123 e. The van der Waals surface area contributed by atoms with Gasteiger partial charge in [-0.3, -0.25) is 0 Å². The number of benzene rings is 8. The van der Waals surface area contributed by atoms with E-state index in [0.717, 1.165) is 11.1 Å². The van der Waals surface area contributed by atoms with Crippen LogP contribution in [0.4, 0.5) is 4.39 Å². The summed E-state index contributed by atoms with van der Waals surface area (Å²) in [5.41, 5.74) is 9.30. The second-order valence-corrected chi connectivity index (χ2v) is 10.6. The second-order valence-electron chi connectivity index (χ2n) is 10.6. The zero-order valence-electron chi connectivity index (χ0n) is 22.3. The van der Waals surface area contributed by atoms with E-state index in [1.165, 1.54) is 65.7 Å². The highest BCUT2D eigenvalue weighted by atomic mass is 19.1. The maximum atomic E-state index is 14.0. The van der Waals surface area contributed by atoms with Crippen LogP contribution in [0.2, 0.25) is 0 Å². The van der Waals surface area contributed by atoms with Gasteiger partial charge in [-0.1, -0.05) is 127 Å². The van der Waals surface area contributed by atoms with Crippen LogP contribution >= 0.6 is 0 Å². The molecule has 0 saturated carbocycles. The molecule has 41 heavy (non-hydrogen) atoms. The van der Waals surface area contributed by atoms with Gasteiger partial charge in [0.05, 0.1) is 0 Å². The van der Waals surface area contributed by atoms with Crippen molar-refractivity contribution in [3.8, 4) is 44.5 Å². The predicted molar refractivity (Wildman–Crippen MR) is 172 cm³/mol. The van der Waals surface area contributed by atoms with Gasteiger partial charge >= 0.3 is 0 Å². The molecule has 192 valence electrons. The van der Waals surface area contributed by atoms with E-state index in [2.05, 4.69) is 127 Å². The van der Waals surface area contributed by atoms with Crippen molar-refractivity contribution in [2.24, 2.45) is 0 Å². The van der Waals surface area contributed by atoms with Gasteiger partial charge in [-0.25, -0.2) is 4.39 Å². The molecular formula is C40H25F. The summed E-state index contributed by atoms with van der Waals surface area (Å²) < 4.78 is 14.0. The van der Waals surface area contributed by atoms with Crippen molar-refractivity contribution in [1.29, 1.82) is 0 Å². The van der Waals surface area contributed by atoms with Gasteiger partial charge in [0.2, 0.25) is 0 Å². The highest BCUT2D eigenvalue weighted by molar-refractivity contribution is 6.31. The van der Waals surface area contributed by atoms with Crippen molar-refractivity contribution in [1.82, 2.24) is 0 Å². The first kappa shape index (κ1) is 23.6. The average Bonchev–Trinajstić information content (AvgIpc) is 3.05. The van der Waals surface area contributed by atoms with E-state index < -0.39 is 0 Å². The molecule has 0 aromatic heterocycles. The third-order valence-electron chi connectivity index (χ3n) is 8.31. The Morgan fingerprint density at radius 3 is 0.902 bits per heavy atom. The average molecular weight is 525 g/mol. The molecule has 0 aliphatic carbocycles. The van der Waals surface area contributed by atoms with Gasteiger partial charge in [-0.15, -0.1) is 0 Å². The molecule has 0 amide bonds. The van der Waals surface area contributed by atoms with Crippen molar-refractivity contribution >= 4 is 32.3 Å². The second kappa shape index (κ2) is 9.43. The Kier molecular flexibility index (Phi) is 5.43. The van der Waals surface area contributed by atoms with Gasteiger partial charge in [-0.2, -0.15) is 0 Å². The van der Waals surface area contributed by atoms with Gasteiger partial charge in [0.15, 0.2) is 0 Å². The largest absolute Gasteiger partial charge is 0.207 e. The molecule has 0 bridgehead atoms. The molecule has 0 unspecified atom stereocenters. The zero-order chi connectivity index (χ0) is 27.3. The lowest BCUT2D eigenvalue weighted by Crippen LogP contribution is -1.94. The predicted octanol–water partition coefficient (Wildman–Crippen LogP) is 11.4. The third kappa shape index (κ3) is 3.82. The van der Waals surface area contributed by atoms with E-state index in [4.69, 9.17) is 0 Å². The molecule has 0 aliphatic heterocycles. The van der Waals surface area contributed by atoms with Crippen molar-refractivity contribution in [2.45, 2.75) is 0 Å². The van der Waals surface area contributed by atoms with Gasteiger partial charge in [0.25, 0.3) is 0 Å². The first-order valence-corrected chi connectivity index (χ1v) is 14.0. The van der Waals surface area contributed by atoms with Crippen molar-refractivity contribution in [3.63, 3.8) is 0 Å². The minimum absolute atomic E-state index is 0.227. The first-order chi connectivity index (χ1) is 20.3. The standard InChI is InChI=1S/C40H25F/c41-30-18-16-29(17-19-30)38-25-37(28-14-8-3-9-15-28)33-21-20-31-35(26-10-4-1-5-11-26)24-36(27-12-6-2-7-13-27)32-22-23-34(38)40(33)39(31)32/h1-25H. The summed E-state index contributed by atoms with van der Waals surface area (Å²) in [6, 6.07) is 52.5. The van der Waals surface area contributed by atoms with Crippen molar-refractivity contribution in [3.05, 3.63) is 157 Å². The van der Waals surface area contributed by atoms with Crippen LogP contribution < -0.4 is 0 Å².